The molecule has 0 aromatic carbocycles. The third-order valence-corrected chi connectivity index (χ3v) is 1.75. The Labute approximate surface area is 57.0 Å². The normalized spacial score (nSPS) is 29.7. The minimum atomic E-state index is 0.590. The van der Waals surface area contributed by atoms with Crippen LogP contribution in [-0.2, 0) is 0 Å². The van der Waals surface area contributed by atoms with Gasteiger partial charge in [-0.3, -0.25) is 0 Å². The Morgan fingerprint density at radius 2 is 2.56 bits per heavy atom. The van der Waals surface area contributed by atoms with Crippen LogP contribution in [0.3, 0.4) is 0 Å². The van der Waals surface area contributed by atoms with E-state index in [1.807, 2.05) is 0 Å². The van der Waals surface area contributed by atoms with E-state index in [1.165, 1.54) is 12.8 Å². The van der Waals surface area contributed by atoms with Gasteiger partial charge in [-0.15, -0.1) is 0 Å². The van der Waals surface area contributed by atoms with Gasteiger partial charge < -0.3 is 5.32 Å². The van der Waals surface area contributed by atoms with Crippen molar-refractivity contribution in [2.75, 3.05) is 19.6 Å². The molecule has 1 unspecified atom stereocenters. The van der Waals surface area contributed by atoms with Crippen molar-refractivity contribution in [2.24, 2.45) is 0 Å². The smallest absolute Gasteiger partial charge is 0.0368 e. The Bertz CT molecular complexity index is 65.3. The molecule has 1 radical (unpaired) electrons. The topological polar surface area (TPSA) is 26.1 Å². The third kappa shape index (κ3) is 2.33. The lowest BCUT2D eigenvalue weighted by Gasteiger charge is -2.09. The van der Waals surface area contributed by atoms with E-state index in [9.17, 15) is 0 Å². The van der Waals surface area contributed by atoms with E-state index in [2.05, 4.69) is 17.6 Å². The standard InChI is InChI=1S/C7H15N2/c1-2-7-6-8-4-3-5-9-7/h7-8H,2-6H2,1H3. The maximum Gasteiger partial charge on any atom is 0.0368 e. The molecule has 2 heteroatoms. The van der Waals surface area contributed by atoms with Crippen LogP contribution in [0.5, 0.6) is 0 Å². The first-order valence-corrected chi connectivity index (χ1v) is 3.81. The van der Waals surface area contributed by atoms with Gasteiger partial charge in [-0.05, 0) is 19.4 Å². The second-order valence-corrected chi connectivity index (χ2v) is 2.53. The van der Waals surface area contributed by atoms with Crippen molar-refractivity contribution in [3.63, 3.8) is 0 Å². The SMILES string of the molecule is CCC1CNCCC[N]1. The summed E-state index contributed by atoms with van der Waals surface area (Å²) in [4.78, 5) is 0. The summed E-state index contributed by atoms with van der Waals surface area (Å²) in [5.41, 5.74) is 0. The second-order valence-electron chi connectivity index (χ2n) is 2.53. The Morgan fingerprint density at radius 3 is 3.33 bits per heavy atom. The van der Waals surface area contributed by atoms with Crippen molar-refractivity contribution < 1.29 is 0 Å². The second kappa shape index (κ2) is 3.85. The molecule has 1 heterocycles. The lowest BCUT2D eigenvalue weighted by molar-refractivity contribution is 0.504. The van der Waals surface area contributed by atoms with Crippen LogP contribution in [0.2, 0.25) is 0 Å². The van der Waals surface area contributed by atoms with Gasteiger partial charge >= 0.3 is 0 Å². The number of rotatable bonds is 1. The van der Waals surface area contributed by atoms with E-state index >= 15 is 0 Å². The van der Waals surface area contributed by atoms with Gasteiger partial charge in [0, 0.05) is 19.1 Å². The predicted molar refractivity (Wildman–Crippen MR) is 38.6 cm³/mol. The molecular formula is C7H15N2. The van der Waals surface area contributed by atoms with Gasteiger partial charge in [0.05, 0.1) is 0 Å². The molecule has 2 nitrogen and oxygen atoms in total. The Hall–Kier alpha value is -0.0800. The first-order chi connectivity index (χ1) is 4.43. The van der Waals surface area contributed by atoms with Gasteiger partial charge in [-0.1, -0.05) is 6.92 Å². The summed E-state index contributed by atoms with van der Waals surface area (Å²) >= 11 is 0. The lowest BCUT2D eigenvalue weighted by Crippen LogP contribution is -2.29. The van der Waals surface area contributed by atoms with Crippen LogP contribution in [0.25, 0.3) is 0 Å². The lowest BCUT2D eigenvalue weighted by atomic mass is 10.2. The highest BCUT2D eigenvalue weighted by Crippen LogP contribution is 1.94. The van der Waals surface area contributed by atoms with Crippen molar-refractivity contribution in [1.29, 1.82) is 0 Å². The molecule has 1 fully saturated rings. The summed E-state index contributed by atoms with van der Waals surface area (Å²) in [7, 11) is 0. The predicted octanol–water partition coefficient (Wildman–Crippen LogP) is 0.363. The van der Waals surface area contributed by atoms with Crippen LogP contribution in [0.1, 0.15) is 19.8 Å². The van der Waals surface area contributed by atoms with Crippen molar-refractivity contribution in [2.45, 2.75) is 25.8 Å². The summed E-state index contributed by atoms with van der Waals surface area (Å²) in [6, 6.07) is 0.590. The molecule has 1 aliphatic heterocycles. The summed E-state index contributed by atoms with van der Waals surface area (Å²) in [6.07, 6.45) is 2.41. The maximum absolute atomic E-state index is 4.48. The molecule has 0 saturated carbocycles. The van der Waals surface area contributed by atoms with Crippen LogP contribution in [0.4, 0.5) is 0 Å². The molecule has 53 valence electrons. The van der Waals surface area contributed by atoms with E-state index in [-0.39, 0.29) is 0 Å². The average Bonchev–Trinajstić information content (AvgIpc) is 2.13. The summed E-state index contributed by atoms with van der Waals surface area (Å²) < 4.78 is 0. The first kappa shape index (κ1) is 7.03. The monoisotopic (exact) mass is 127 g/mol. The van der Waals surface area contributed by atoms with E-state index in [0.29, 0.717) is 6.04 Å². The quantitative estimate of drug-likeness (QED) is 0.541. The molecule has 1 rings (SSSR count). The molecule has 0 aromatic heterocycles. The molecule has 0 spiro atoms. The highest BCUT2D eigenvalue weighted by molar-refractivity contribution is 4.70. The molecule has 9 heavy (non-hydrogen) atoms. The summed E-state index contributed by atoms with van der Waals surface area (Å²) in [5.74, 6) is 0. The molecule has 0 aliphatic carbocycles. The van der Waals surface area contributed by atoms with Crippen molar-refractivity contribution in [3.05, 3.63) is 0 Å². The van der Waals surface area contributed by atoms with E-state index in [1.54, 1.807) is 0 Å². The molecule has 1 saturated heterocycles. The fourth-order valence-electron chi connectivity index (χ4n) is 1.08. The van der Waals surface area contributed by atoms with Gasteiger partial charge in [0.1, 0.15) is 0 Å². The minimum Gasteiger partial charge on any atom is -0.315 e. The minimum absolute atomic E-state index is 0.590. The van der Waals surface area contributed by atoms with Crippen LogP contribution < -0.4 is 10.6 Å². The molecule has 0 bridgehead atoms. The molecule has 1 aliphatic rings. The zero-order valence-corrected chi connectivity index (χ0v) is 6.06. The zero-order valence-electron chi connectivity index (χ0n) is 6.06. The Balaban J connectivity index is 2.18. The van der Waals surface area contributed by atoms with Crippen molar-refractivity contribution >= 4 is 0 Å². The Morgan fingerprint density at radius 1 is 1.67 bits per heavy atom. The molecule has 1 N–H and O–H groups in total. The molecule has 0 aromatic rings. The number of nitrogens with zero attached hydrogens (tertiary/aromatic N) is 1. The molecular weight excluding hydrogens is 112 g/mol. The fraction of sp³-hybridized carbons (Fsp3) is 1.00. The van der Waals surface area contributed by atoms with Crippen molar-refractivity contribution in [1.82, 2.24) is 10.6 Å². The van der Waals surface area contributed by atoms with Crippen LogP contribution in [0.15, 0.2) is 0 Å². The van der Waals surface area contributed by atoms with Crippen molar-refractivity contribution in [3.8, 4) is 0 Å². The fourth-order valence-corrected chi connectivity index (χ4v) is 1.08. The number of hydrogen-bond acceptors (Lipinski definition) is 1. The maximum atomic E-state index is 4.48. The highest BCUT2D eigenvalue weighted by Gasteiger charge is 2.08. The van der Waals surface area contributed by atoms with Gasteiger partial charge in [0.2, 0.25) is 0 Å². The average molecular weight is 127 g/mol. The number of nitrogens with one attached hydrogen (secondary N) is 1. The first-order valence-electron chi connectivity index (χ1n) is 3.81. The van der Waals surface area contributed by atoms with E-state index < -0.39 is 0 Å². The highest BCUT2D eigenvalue weighted by atomic mass is 15.0. The Kier molecular flexibility index (Phi) is 3.01. The summed E-state index contributed by atoms with van der Waals surface area (Å²) in [5, 5.41) is 7.83. The van der Waals surface area contributed by atoms with E-state index in [4.69, 9.17) is 0 Å². The molecule has 1 atom stereocenters. The number of hydrogen-bond donors (Lipinski definition) is 1. The molecule has 0 amide bonds. The van der Waals surface area contributed by atoms with Gasteiger partial charge in [0.15, 0.2) is 0 Å². The van der Waals surface area contributed by atoms with Gasteiger partial charge in [-0.25, -0.2) is 5.32 Å². The van der Waals surface area contributed by atoms with Crippen LogP contribution in [-0.4, -0.2) is 25.7 Å². The van der Waals surface area contributed by atoms with Gasteiger partial charge in [-0.2, -0.15) is 0 Å². The van der Waals surface area contributed by atoms with Crippen LogP contribution >= 0.6 is 0 Å². The van der Waals surface area contributed by atoms with Gasteiger partial charge in [0.25, 0.3) is 0 Å². The third-order valence-electron chi connectivity index (χ3n) is 1.75. The van der Waals surface area contributed by atoms with E-state index in [0.717, 1.165) is 19.6 Å². The van der Waals surface area contributed by atoms with Crippen LogP contribution in [0, 0.1) is 0 Å². The summed E-state index contributed by atoms with van der Waals surface area (Å²) in [6.45, 7) is 5.50. The largest absolute Gasteiger partial charge is 0.315 e. The zero-order chi connectivity index (χ0) is 6.53.